The zero-order valence-corrected chi connectivity index (χ0v) is 6.73. The van der Waals surface area contributed by atoms with E-state index < -0.39 is 11.6 Å². The van der Waals surface area contributed by atoms with Gasteiger partial charge in [-0.15, -0.1) is 0 Å². The molecule has 0 fully saturated rings. The van der Waals surface area contributed by atoms with Crippen LogP contribution in [0.15, 0.2) is 6.07 Å². The molecular formula is C9H7F2NO. The van der Waals surface area contributed by atoms with E-state index in [1.165, 1.54) is 0 Å². The summed E-state index contributed by atoms with van der Waals surface area (Å²) in [6, 6.07) is 0.927. The molecule has 0 saturated heterocycles. The second-order valence-electron chi connectivity index (χ2n) is 3.04. The van der Waals surface area contributed by atoms with Gasteiger partial charge in [-0.3, -0.25) is 4.79 Å². The van der Waals surface area contributed by atoms with E-state index in [9.17, 15) is 13.6 Å². The highest BCUT2D eigenvalue weighted by Crippen LogP contribution is 2.30. The molecule has 0 amide bonds. The number of carbonyl (C=O) groups excluding carboxylic acids is 1. The third-order valence-electron chi connectivity index (χ3n) is 2.27. The molecule has 0 bridgehead atoms. The standard InChI is InChI=1S/C9H7F2NO/c10-6-3-5-4(1-2-7(5)13)9(12)8(6)11/h3H,1-2,12H2. The monoisotopic (exact) mass is 183 g/mol. The van der Waals surface area contributed by atoms with Crippen LogP contribution in [0.3, 0.4) is 0 Å². The molecule has 1 aliphatic carbocycles. The summed E-state index contributed by atoms with van der Waals surface area (Å²) >= 11 is 0. The molecule has 0 heterocycles. The van der Waals surface area contributed by atoms with Gasteiger partial charge < -0.3 is 5.73 Å². The van der Waals surface area contributed by atoms with Gasteiger partial charge in [0.1, 0.15) is 0 Å². The molecule has 0 atom stereocenters. The summed E-state index contributed by atoms with van der Waals surface area (Å²) in [6.07, 6.45) is 0.708. The lowest BCUT2D eigenvalue weighted by atomic mass is 10.1. The van der Waals surface area contributed by atoms with Crippen molar-refractivity contribution in [3.8, 4) is 0 Å². The molecule has 0 aromatic heterocycles. The molecule has 2 N–H and O–H groups in total. The molecule has 0 saturated carbocycles. The van der Waals surface area contributed by atoms with Crippen molar-refractivity contribution in [2.75, 3.05) is 5.73 Å². The van der Waals surface area contributed by atoms with Crippen LogP contribution in [0.4, 0.5) is 14.5 Å². The highest BCUT2D eigenvalue weighted by molar-refractivity contribution is 6.01. The number of hydrogen-bond donors (Lipinski definition) is 1. The minimum absolute atomic E-state index is 0.166. The van der Waals surface area contributed by atoms with Gasteiger partial charge in [0, 0.05) is 12.0 Å². The predicted octanol–water partition coefficient (Wildman–Crippen LogP) is 1.68. The van der Waals surface area contributed by atoms with E-state index in [0.717, 1.165) is 6.07 Å². The number of carbonyl (C=O) groups is 1. The number of rotatable bonds is 0. The van der Waals surface area contributed by atoms with E-state index in [1.54, 1.807) is 0 Å². The van der Waals surface area contributed by atoms with Gasteiger partial charge in [-0.05, 0) is 18.1 Å². The minimum atomic E-state index is -1.05. The van der Waals surface area contributed by atoms with Gasteiger partial charge in [0.05, 0.1) is 5.69 Å². The van der Waals surface area contributed by atoms with Crippen molar-refractivity contribution in [1.82, 2.24) is 0 Å². The van der Waals surface area contributed by atoms with Gasteiger partial charge in [0.15, 0.2) is 17.4 Å². The normalized spacial score (nSPS) is 14.8. The Hall–Kier alpha value is -1.45. The van der Waals surface area contributed by atoms with E-state index in [0.29, 0.717) is 18.4 Å². The summed E-state index contributed by atoms with van der Waals surface area (Å²) in [6.45, 7) is 0. The predicted molar refractivity (Wildman–Crippen MR) is 43.4 cm³/mol. The van der Waals surface area contributed by atoms with E-state index in [2.05, 4.69) is 0 Å². The zero-order chi connectivity index (χ0) is 9.59. The number of halogens is 2. The van der Waals surface area contributed by atoms with Crippen LogP contribution in [0.25, 0.3) is 0 Å². The summed E-state index contributed by atoms with van der Waals surface area (Å²) < 4.78 is 25.7. The summed E-state index contributed by atoms with van der Waals surface area (Å²) in [4.78, 5) is 11.1. The lowest BCUT2D eigenvalue weighted by molar-refractivity contribution is 0.0994. The van der Waals surface area contributed by atoms with Crippen LogP contribution in [0.5, 0.6) is 0 Å². The lowest BCUT2D eigenvalue weighted by Gasteiger charge is -2.04. The van der Waals surface area contributed by atoms with E-state index >= 15 is 0 Å². The largest absolute Gasteiger partial charge is 0.396 e. The van der Waals surface area contributed by atoms with Crippen molar-refractivity contribution in [2.24, 2.45) is 0 Å². The molecule has 1 aromatic rings. The number of hydrogen-bond acceptors (Lipinski definition) is 2. The Morgan fingerprint density at radius 1 is 1.31 bits per heavy atom. The minimum Gasteiger partial charge on any atom is -0.396 e. The van der Waals surface area contributed by atoms with E-state index in [1.807, 2.05) is 0 Å². The SMILES string of the molecule is Nc1c(F)c(F)cc2c1CCC2=O. The van der Waals surface area contributed by atoms with Crippen molar-refractivity contribution < 1.29 is 13.6 Å². The maximum atomic E-state index is 12.9. The molecule has 0 radical (unpaired) electrons. The Kier molecular flexibility index (Phi) is 1.58. The van der Waals surface area contributed by atoms with Gasteiger partial charge in [0.2, 0.25) is 0 Å². The lowest BCUT2D eigenvalue weighted by Crippen LogP contribution is -2.02. The van der Waals surface area contributed by atoms with E-state index in [-0.39, 0.29) is 17.0 Å². The fourth-order valence-corrected chi connectivity index (χ4v) is 1.57. The van der Waals surface area contributed by atoms with Crippen LogP contribution in [0.1, 0.15) is 22.3 Å². The summed E-state index contributed by atoms with van der Waals surface area (Å²) in [5.74, 6) is -2.26. The van der Waals surface area contributed by atoms with Gasteiger partial charge >= 0.3 is 0 Å². The number of nitrogen functional groups attached to an aromatic ring is 1. The molecule has 0 spiro atoms. The Bertz CT molecular complexity index is 401. The summed E-state index contributed by atoms with van der Waals surface area (Å²) in [5, 5.41) is 0. The molecule has 4 heteroatoms. The van der Waals surface area contributed by atoms with Crippen LogP contribution < -0.4 is 5.73 Å². The van der Waals surface area contributed by atoms with Crippen molar-refractivity contribution in [1.29, 1.82) is 0 Å². The number of anilines is 1. The fourth-order valence-electron chi connectivity index (χ4n) is 1.57. The maximum absolute atomic E-state index is 12.9. The Morgan fingerprint density at radius 2 is 2.00 bits per heavy atom. The smallest absolute Gasteiger partial charge is 0.181 e. The van der Waals surface area contributed by atoms with Crippen molar-refractivity contribution in [3.63, 3.8) is 0 Å². The van der Waals surface area contributed by atoms with Crippen molar-refractivity contribution >= 4 is 11.5 Å². The molecule has 68 valence electrons. The van der Waals surface area contributed by atoms with Crippen LogP contribution in [-0.2, 0) is 6.42 Å². The summed E-state index contributed by atoms with van der Waals surface area (Å²) in [7, 11) is 0. The maximum Gasteiger partial charge on any atom is 0.181 e. The van der Waals surface area contributed by atoms with Crippen LogP contribution in [0, 0.1) is 11.6 Å². The Morgan fingerprint density at radius 3 is 2.69 bits per heavy atom. The average molecular weight is 183 g/mol. The number of fused-ring (bicyclic) bond motifs is 1. The van der Waals surface area contributed by atoms with Gasteiger partial charge in [-0.2, -0.15) is 0 Å². The third kappa shape index (κ3) is 1.02. The van der Waals surface area contributed by atoms with E-state index in [4.69, 9.17) is 5.73 Å². The molecule has 0 aliphatic heterocycles. The molecule has 1 aliphatic rings. The molecule has 13 heavy (non-hydrogen) atoms. The molecule has 0 unspecified atom stereocenters. The van der Waals surface area contributed by atoms with Gasteiger partial charge in [-0.1, -0.05) is 0 Å². The van der Waals surface area contributed by atoms with Crippen LogP contribution in [-0.4, -0.2) is 5.78 Å². The fraction of sp³-hybridized carbons (Fsp3) is 0.222. The Labute approximate surface area is 73.4 Å². The van der Waals surface area contributed by atoms with Crippen LogP contribution >= 0.6 is 0 Å². The number of Topliss-reactive ketones (excluding diaryl/α,β-unsaturated/α-hetero) is 1. The van der Waals surface area contributed by atoms with Crippen molar-refractivity contribution in [2.45, 2.75) is 12.8 Å². The van der Waals surface area contributed by atoms with Gasteiger partial charge in [-0.25, -0.2) is 8.78 Å². The first kappa shape index (κ1) is 8.16. The number of ketones is 1. The van der Waals surface area contributed by atoms with Crippen molar-refractivity contribution in [3.05, 3.63) is 28.8 Å². The number of nitrogens with two attached hydrogens (primary N) is 1. The Balaban J connectivity index is 2.74. The first-order valence-electron chi connectivity index (χ1n) is 3.91. The number of benzene rings is 1. The topological polar surface area (TPSA) is 43.1 Å². The average Bonchev–Trinajstić information content (AvgIpc) is 2.45. The highest BCUT2D eigenvalue weighted by atomic mass is 19.2. The zero-order valence-electron chi connectivity index (χ0n) is 6.73. The first-order chi connectivity index (χ1) is 6.11. The van der Waals surface area contributed by atoms with Gasteiger partial charge in [0.25, 0.3) is 0 Å². The highest BCUT2D eigenvalue weighted by Gasteiger charge is 2.25. The van der Waals surface area contributed by atoms with Crippen LogP contribution in [0.2, 0.25) is 0 Å². The summed E-state index contributed by atoms with van der Waals surface area (Å²) in [5.41, 5.74) is 5.79. The molecule has 1 aromatic carbocycles. The molecular weight excluding hydrogens is 176 g/mol. The quantitative estimate of drug-likeness (QED) is 0.622. The molecule has 2 rings (SSSR count). The second-order valence-corrected chi connectivity index (χ2v) is 3.04. The molecule has 2 nitrogen and oxygen atoms in total. The third-order valence-corrected chi connectivity index (χ3v) is 2.27. The first-order valence-corrected chi connectivity index (χ1v) is 3.91. The second kappa shape index (κ2) is 2.52.